The van der Waals surface area contributed by atoms with Crippen LogP contribution in [-0.4, -0.2) is 30.5 Å². The molecule has 0 radical (unpaired) electrons. The van der Waals surface area contributed by atoms with Crippen LogP contribution in [0, 0.1) is 17.2 Å². The van der Waals surface area contributed by atoms with Crippen LogP contribution in [-0.2, 0) is 11.2 Å². The molecule has 1 heterocycles. The van der Waals surface area contributed by atoms with E-state index < -0.39 is 0 Å². The SMILES string of the molecule is N#CCOc1ccc(/C=C/C(=O)N2CCC(Cc3ccccc3)CC2)cc1. The predicted octanol–water partition coefficient (Wildman–Crippen LogP) is 4.08. The van der Waals surface area contributed by atoms with E-state index in [1.807, 2.05) is 35.2 Å². The Morgan fingerprint density at radius 1 is 1.11 bits per heavy atom. The second kappa shape index (κ2) is 9.59. The number of hydrogen-bond acceptors (Lipinski definition) is 3. The van der Waals surface area contributed by atoms with Crippen LogP contribution in [0.4, 0.5) is 0 Å². The molecule has 2 aromatic carbocycles. The lowest BCUT2D eigenvalue weighted by Crippen LogP contribution is -2.37. The van der Waals surface area contributed by atoms with Crippen LogP contribution < -0.4 is 4.74 Å². The number of nitriles is 1. The van der Waals surface area contributed by atoms with Gasteiger partial charge in [0.2, 0.25) is 5.91 Å². The molecule has 0 atom stereocenters. The lowest BCUT2D eigenvalue weighted by Gasteiger charge is -2.31. The van der Waals surface area contributed by atoms with Crippen molar-refractivity contribution < 1.29 is 9.53 Å². The van der Waals surface area contributed by atoms with Gasteiger partial charge in [0, 0.05) is 19.2 Å². The molecule has 1 amide bonds. The lowest BCUT2D eigenvalue weighted by molar-refractivity contribution is -0.127. The average Bonchev–Trinajstić information content (AvgIpc) is 2.72. The number of rotatable bonds is 6. The smallest absolute Gasteiger partial charge is 0.246 e. The third-order valence-corrected chi connectivity index (χ3v) is 4.90. The van der Waals surface area contributed by atoms with Crippen molar-refractivity contribution in [1.29, 1.82) is 5.26 Å². The highest BCUT2D eigenvalue weighted by atomic mass is 16.5. The fourth-order valence-electron chi connectivity index (χ4n) is 3.37. The van der Waals surface area contributed by atoms with Gasteiger partial charge in [-0.15, -0.1) is 0 Å². The van der Waals surface area contributed by atoms with Gasteiger partial charge in [0.15, 0.2) is 6.61 Å². The molecule has 1 saturated heterocycles. The molecule has 4 heteroatoms. The van der Waals surface area contributed by atoms with Crippen molar-refractivity contribution in [1.82, 2.24) is 4.90 Å². The van der Waals surface area contributed by atoms with Gasteiger partial charge in [-0.25, -0.2) is 0 Å². The topological polar surface area (TPSA) is 53.3 Å². The van der Waals surface area contributed by atoms with Crippen molar-refractivity contribution >= 4 is 12.0 Å². The van der Waals surface area contributed by atoms with Crippen LogP contribution in [0.5, 0.6) is 5.75 Å². The van der Waals surface area contributed by atoms with E-state index in [1.165, 1.54) is 5.56 Å². The quantitative estimate of drug-likeness (QED) is 0.729. The maximum atomic E-state index is 12.4. The third kappa shape index (κ3) is 5.72. The van der Waals surface area contributed by atoms with Crippen LogP contribution in [0.3, 0.4) is 0 Å². The monoisotopic (exact) mass is 360 g/mol. The molecular weight excluding hydrogens is 336 g/mol. The Labute approximate surface area is 160 Å². The minimum Gasteiger partial charge on any atom is -0.479 e. The lowest BCUT2D eigenvalue weighted by atomic mass is 9.90. The van der Waals surface area contributed by atoms with E-state index in [0.29, 0.717) is 11.7 Å². The molecule has 0 unspecified atom stereocenters. The molecule has 3 rings (SSSR count). The maximum Gasteiger partial charge on any atom is 0.246 e. The number of benzene rings is 2. The van der Waals surface area contributed by atoms with Crippen molar-refractivity contribution in [3.8, 4) is 11.8 Å². The van der Waals surface area contributed by atoms with E-state index in [-0.39, 0.29) is 12.5 Å². The summed E-state index contributed by atoms with van der Waals surface area (Å²) in [6.07, 6.45) is 6.67. The Morgan fingerprint density at radius 3 is 2.48 bits per heavy atom. The van der Waals surface area contributed by atoms with Crippen LogP contribution in [0.25, 0.3) is 6.08 Å². The first-order valence-electron chi connectivity index (χ1n) is 9.35. The van der Waals surface area contributed by atoms with Crippen molar-refractivity contribution in [3.63, 3.8) is 0 Å². The minimum absolute atomic E-state index is 0.0356. The van der Waals surface area contributed by atoms with E-state index in [4.69, 9.17) is 10.00 Å². The zero-order valence-electron chi connectivity index (χ0n) is 15.4. The van der Waals surface area contributed by atoms with E-state index in [1.54, 1.807) is 18.2 Å². The van der Waals surface area contributed by atoms with E-state index in [2.05, 4.69) is 24.3 Å². The first-order valence-corrected chi connectivity index (χ1v) is 9.35. The molecule has 0 N–H and O–H groups in total. The first kappa shape index (κ1) is 18.7. The van der Waals surface area contributed by atoms with E-state index in [9.17, 15) is 4.79 Å². The molecule has 2 aromatic rings. The van der Waals surface area contributed by atoms with Gasteiger partial charge in [0.1, 0.15) is 11.8 Å². The van der Waals surface area contributed by atoms with Gasteiger partial charge in [-0.05, 0) is 54.5 Å². The summed E-state index contributed by atoms with van der Waals surface area (Å²) >= 11 is 0. The molecule has 0 spiro atoms. The second-order valence-electron chi connectivity index (χ2n) is 6.81. The fourth-order valence-corrected chi connectivity index (χ4v) is 3.37. The summed E-state index contributed by atoms with van der Waals surface area (Å²) in [4.78, 5) is 14.4. The number of amides is 1. The highest BCUT2D eigenvalue weighted by Gasteiger charge is 2.21. The summed E-state index contributed by atoms with van der Waals surface area (Å²) in [6.45, 7) is 1.68. The molecule has 0 bridgehead atoms. The van der Waals surface area contributed by atoms with Gasteiger partial charge in [0.05, 0.1) is 0 Å². The molecule has 1 fully saturated rings. The summed E-state index contributed by atoms with van der Waals surface area (Å²) in [5.74, 6) is 1.37. The number of carbonyl (C=O) groups excluding carboxylic acids is 1. The van der Waals surface area contributed by atoms with Gasteiger partial charge in [-0.2, -0.15) is 5.26 Å². The Kier molecular flexibility index (Phi) is 6.65. The summed E-state index contributed by atoms with van der Waals surface area (Å²) in [5.41, 5.74) is 2.32. The highest BCUT2D eigenvalue weighted by Crippen LogP contribution is 2.22. The van der Waals surface area contributed by atoms with Crippen LogP contribution in [0.2, 0.25) is 0 Å². The van der Waals surface area contributed by atoms with Crippen LogP contribution in [0.15, 0.2) is 60.7 Å². The zero-order chi connectivity index (χ0) is 18.9. The first-order chi connectivity index (χ1) is 13.2. The molecular formula is C23H24N2O2. The summed E-state index contributed by atoms with van der Waals surface area (Å²) in [6, 6.07) is 19.9. The number of carbonyl (C=O) groups is 1. The molecule has 1 aliphatic heterocycles. The largest absolute Gasteiger partial charge is 0.479 e. The van der Waals surface area contributed by atoms with Crippen molar-refractivity contribution in [2.75, 3.05) is 19.7 Å². The molecule has 0 aromatic heterocycles. The Bertz CT molecular complexity index is 799. The highest BCUT2D eigenvalue weighted by molar-refractivity contribution is 5.91. The summed E-state index contributed by atoms with van der Waals surface area (Å²) in [7, 11) is 0. The van der Waals surface area contributed by atoms with Gasteiger partial charge in [-0.1, -0.05) is 42.5 Å². The number of likely N-dealkylation sites (tertiary alicyclic amines) is 1. The second-order valence-corrected chi connectivity index (χ2v) is 6.81. The van der Waals surface area contributed by atoms with Gasteiger partial charge >= 0.3 is 0 Å². The van der Waals surface area contributed by atoms with Crippen molar-refractivity contribution in [2.24, 2.45) is 5.92 Å². The third-order valence-electron chi connectivity index (χ3n) is 4.90. The Hall–Kier alpha value is -3.06. The van der Waals surface area contributed by atoms with Crippen LogP contribution >= 0.6 is 0 Å². The zero-order valence-corrected chi connectivity index (χ0v) is 15.4. The Morgan fingerprint density at radius 2 is 1.81 bits per heavy atom. The van der Waals surface area contributed by atoms with E-state index >= 15 is 0 Å². The average molecular weight is 360 g/mol. The predicted molar refractivity (Wildman–Crippen MR) is 106 cm³/mol. The molecule has 138 valence electrons. The van der Waals surface area contributed by atoms with Crippen molar-refractivity contribution in [3.05, 3.63) is 71.8 Å². The van der Waals surface area contributed by atoms with Crippen molar-refractivity contribution in [2.45, 2.75) is 19.3 Å². The van der Waals surface area contributed by atoms with E-state index in [0.717, 1.165) is 37.9 Å². The molecule has 0 saturated carbocycles. The molecule has 4 nitrogen and oxygen atoms in total. The molecule has 0 aliphatic carbocycles. The summed E-state index contributed by atoms with van der Waals surface area (Å²) < 4.78 is 5.22. The molecule has 27 heavy (non-hydrogen) atoms. The van der Waals surface area contributed by atoms with Gasteiger partial charge in [0.25, 0.3) is 0 Å². The summed E-state index contributed by atoms with van der Waals surface area (Å²) in [5, 5.41) is 8.51. The van der Waals surface area contributed by atoms with Gasteiger partial charge < -0.3 is 9.64 Å². The molecule has 1 aliphatic rings. The number of nitrogens with zero attached hydrogens (tertiary/aromatic N) is 2. The number of piperidine rings is 1. The maximum absolute atomic E-state index is 12.4. The fraction of sp³-hybridized carbons (Fsp3) is 0.304. The standard InChI is InChI=1S/C23H24N2O2/c24-14-17-27-22-9-6-19(7-10-22)8-11-23(26)25-15-12-21(13-16-25)18-20-4-2-1-3-5-20/h1-11,21H,12-13,15-18H2/b11-8+. The number of ether oxygens (including phenoxy) is 1. The normalized spacial score (nSPS) is 14.9. The van der Waals surface area contributed by atoms with Gasteiger partial charge in [-0.3, -0.25) is 4.79 Å². The number of hydrogen-bond donors (Lipinski definition) is 0. The minimum atomic E-state index is 0.0356. The Balaban J connectivity index is 1.46. The van der Waals surface area contributed by atoms with Crippen LogP contribution in [0.1, 0.15) is 24.0 Å².